The average Bonchev–Trinajstić information content (AvgIpc) is 3.49. The predicted octanol–water partition coefficient (Wildman–Crippen LogP) is 4.65. The lowest BCUT2D eigenvalue weighted by Crippen LogP contribution is -2.37. The van der Waals surface area contributed by atoms with Gasteiger partial charge in [0.1, 0.15) is 6.10 Å². The quantitative estimate of drug-likeness (QED) is 0.564. The smallest absolute Gasteiger partial charge is 0.322 e. The van der Waals surface area contributed by atoms with Gasteiger partial charge in [-0.3, -0.25) is 0 Å². The molecule has 7 nitrogen and oxygen atoms in total. The van der Waals surface area contributed by atoms with Gasteiger partial charge in [-0.05, 0) is 55.2 Å². The van der Waals surface area contributed by atoms with Gasteiger partial charge in [0.15, 0.2) is 5.65 Å². The van der Waals surface area contributed by atoms with Crippen molar-refractivity contribution in [2.24, 2.45) is 0 Å². The lowest BCUT2D eigenvalue weighted by atomic mass is 9.93. The van der Waals surface area contributed by atoms with Crippen LogP contribution in [0.25, 0.3) is 5.65 Å². The van der Waals surface area contributed by atoms with Crippen molar-refractivity contribution in [3.05, 3.63) is 47.2 Å². The SMILES string of the molecule is CC(C)c1cnn2c(NCc3ccccc3C3CCCC3)nc(OC3CCCNC3)nc12. The highest BCUT2D eigenvalue weighted by atomic mass is 16.5. The topological polar surface area (TPSA) is 76.4 Å². The number of rotatable bonds is 7. The number of benzene rings is 1. The van der Waals surface area contributed by atoms with Gasteiger partial charge in [0.2, 0.25) is 5.95 Å². The molecule has 2 N–H and O–H groups in total. The van der Waals surface area contributed by atoms with Crippen LogP contribution in [0, 0.1) is 0 Å². The summed E-state index contributed by atoms with van der Waals surface area (Å²) in [6, 6.07) is 9.23. The summed E-state index contributed by atoms with van der Waals surface area (Å²) in [6.45, 7) is 6.92. The zero-order valence-electron chi connectivity index (χ0n) is 19.2. The Kier molecular flexibility index (Phi) is 6.26. The van der Waals surface area contributed by atoms with E-state index < -0.39 is 0 Å². The molecule has 3 heterocycles. The van der Waals surface area contributed by atoms with E-state index in [1.807, 2.05) is 10.7 Å². The van der Waals surface area contributed by atoms with Crippen LogP contribution in [0.15, 0.2) is 30.5 Å². The second-order valence-corrected chi connectivity index (χ2v) is 9.44. The van der Waals surface area contributed by atoms with E-state index in [-0.39, 0.29) is 6.10 Å². The standard InChI is InChI=1S/C25H34N6O/c1-17(2)22-16-28-31-23(22)29-25(32-20-11-7-13-26-15-20)30-24(31)27-14-19-10-5-6-12-21(19)18-8-3-4-9-18/h5-6,10,12,16-18,20,26H,3-4,7-9,11,13-15H2,1-2H3,(H,27,29,30). The lowest BCUT2D eigenvalue weighted by Gasteiger charge is -2.23. The summed E-state index contributed by atoms with van der Waals surface area (Å²) in [5, 5.41) is 11.5. The Morgan fingerprint density at radius 3 is 2.75 bits per heavy atom. The number of nitrogens with one attached hydrogen (secondary N) is 2. The third-order valence-electron chi connectivity index (χ3n) is 6.81. The molecule has 0 bridgehead atoms. The molecular formula is C25H34N6O. The van der Waals surface area contributed by atoms with Crippen molar-refractivity contribution in [1.29, 1.82) is 0 Å². The first-order chi connectivity index (χ1) is 15.7. The largest absolute Gasteiger partial charge is 0.459 e. The molecule has 0 amide bonds. The summed E-state index contributed by atoms with van der Waals surface area (Å²) in [7, 11) is 0. The molecule has 1 unspecified atom stereocenters. The average molecular weight is 435 g/mol. The maximum Gasteiger partial charge on any atom is 0.322 e. The van der Waals surface area contributed by atoms with E-state index in [2.05, 4.69) is 53.8 Å². The van der Waals surface area contributed by atoms with E-state index >= 15 is 0 Å². The highest BCUT2D eigenvalue weighted by Gasteiger charge is 2.22. The van der Waals surface area contributed by atoms with Gasteiger partial charge in [-0.2, -0.15) is 19.6 Å². The second-order valence-electron chi connectivity index (χ2n) is 9.44. The van der Waals surface area contributed by atoms with Gasteiger partial charge in [0, 0.05) is 18.7 Å². The highest BCUT2D eigenvalue weighted by molar-refractivity contribution is 5.53. The Morgan fingerprint density at radius 2 is 1.97 bits per heavy atom. The number of hydrogen-bond donors (Lipinski definition) is 2. The molecule has 2 aromatic heterocycles. The molecule has 2 fully saturated rings. The van der Waals surface area contributed by atoms with Crippen molar-refractivity contribution >= 4 is 11.6 Å². The molecule has 32 heavy (non-hydrogen) atoms. The van der Waals surface area contributed by atoms with E-state index in [1.165, 1.54) is 36.8 Å². The molecule has 170 valence electrons. The summed E-state index contributed by atoms with van der Waals surface area (Å²) in [6.07, 6.45) is 9.39. The van der Waals surface area contributed by atoms with Crippen LogP contribution in [0.4, 0.5) is 5.95 Å². The molecule has 1 atom stereocenters. The molecule has 1 aliphatic carbocycles. The normalized spacial score (nSPS) is 19.7. The van der Waals surface area contributed by atoms with Crippen LogP contribution in [0.2, 0.25) is 0 Å². The van der Waals surface area contributed by atoms with E-state index in [0.717, 1.165) is 37.1 Å². The maximum atomic E-state index is 6.20. The van der Waals surface area contributed by atoms with E-state index in [1.54, 1.807) is 0 Å². The van der Waals surface area contributed by atoms with Crippen LogP contribution in [0.5, 0.6) is 6.01 Å². The first-order valence-electron chi connectivity index (χ1n) is 12.1. The molecule has 0 spiro atoms. The van der Waals surface area contributed by atoms with Gasteiger partial charge < -0.3 is 15.4 Å². The monoisotopic (exact) mass is 434 g/mol. The Bertz CT molecular complexity index is 1050. The maximum absolute atomic E-state index is 6.20. The molecule has 3 aromatic rings. The third-order valence-corrected chi connectivity index (χ3v) is 6.81. The van der Waals surface area contributed by atoms with Gasteiger partial charge in [-0.25, -0.2) is 0 Å². The van der Waals surface area contributed by atoms with Crippen molar-refractivity contribution in [3.8, 4) is 6.01 Å². The van der Waals surface area contributed by atoms with Gasteiger partial charge in [0.25, 0.3) is 0 Å². The minimum atomic E-state index is 0.104. The molecule has 1 saturated carbocycles. The zero-order valence-corrected chi connectivity index (χ0v) is 19.2. The first-order valence-corrected chi connectivity index (χ1v) is 12.1. The van der Waals surface area contributed by atoms with Gasteiger partial charge in [-0.1, -0.05) is 51.0 Å². The number of hydrogen-bond acceptors (Lipinski definition) is 6. The van der Waals surface area contributed by atoms with Crippen molar-refractivity contribution in [2.45, 2.75) is 76.9 Å². The fraction of sp³-hybridized carbons (Fsp3) is 0.560. The van der Waals surface area contributed by atoms with Crippen molar-refractivity contribution in [2.75, 3.05) is 18.4 Å². The van der Waals surface area contributed by atoms with E-state index in [4.69, 9.17) is 14.7 Å². The van der Waals surface area contributed by atoms with Crippen LogP contribution in [-0.2, 0) is 6.54 Å². The minimum absolute atomic E-state index is 0.104. The van der Waals surface area contributed by atoms with Gasteiger partial charge >= 0.3 is 6.01 Å². The van der Waals surface area contributed by atoms with Crippen LogP contribution in [0.1, 0.15) is 80.9 Å². The van der Waals surface area contributed by atoms with Crippen LogP contribution >= 0.6 is 0 Å². The number of ether oxygens (including phenoxy) is 1. The number of aromatic nitrogens is 4. The van der Waals surface area contributed by atoms with Crippen LogP contribution in [-0.4, -0.2) is 38.8 Å². The summed E-state index contributed by atoms with van der Waals surface area (Å²) >= 11 is 0. The Morgan fingerprint density at radius 1 is 1.12 bits per heavy atom. The number of piperidine rings is 1. The Hall–Kier alpha value is -2.67. The molecule has 1 aliphatic heterocycles. The molecule has 0 radical (unpaired) electrons. The van der Waals surface area contributed by atoms with Crippen LogP contribution < -0.4 is 15.4 Å². The summed E-state index contributed by atoms with van der Waals surface area (Å²) in [5.74, 6) is 1.68. The van der Waals surface area contributed by atoms with E-state index in [0.29, 0.717) is 30.3 Å². The molecule has 5 rings (SSSR count). The summed E-state index contributed by atoms with van der Waals surface area (Å²) in [5.41, 5.74) is 4.73. The van der Waals surface area contributed by atoms with Crippen molar-refractivity contribution < 1.29 is 4.74 Å². The fourth-order valence-electron chi connectivity index (χ4n) is 5.02. The lowest BCUT2D eigenvalue weighted by molar-refractivity contribution is 0.153. The van der Waals surface area contributed by atoms with Crippen LogP contribution in [0.3, 0.4) is 0 Å². The fourth-order valence-corrected chi connectivity index (χ4v) is 5.02. The predicted molar refractivity (Wildman–Crippen MR) is 126 cm³/mol. The molecule has 1 aromatic carbocycles. The first kappa shape index (κ1) is 21.2. The molecular weight excluding hydrogens is 400 g/mol. The van der Waals surface area contributed by atoms with Gasteiger partial charge in [-0.15, -0.1) is 0 Å². The third kappa shape index (κ3) is 4.44. The van der Waals surface area contributed by atoms with Crippen molar-refractivity contribution in [3.63, 3.8) is 0 Å². The number of nitrogens with zero attached hydrogens (tertiary/aromatic N) is 4. The highest BCUT2D eigenvalue weighted by Crippen LogP contribution is 2.36. The zero-order chi connectivity index (χ0) is 21.9. The van der Waals surface area contributed by atoms with Gasteiger partial charge in [0.05, 0.1) is 6.20 Å². The number of fused-ring (bicyclic) bond motifs is 1. The minimum Gasteiger partial charge on any atom is -0.459 e. The Labute approximate surface area is 190 Å². The summed E-state index contributed by atoms with van der Waals surface area (Å²) in [4.78, 5) is 9.48. The Balaban J connectivity index is 1.44. The van der Waals surface area contributed by atoms with Crippen molar-refractivity contribution in [1.82, 2.24) is 24.9 Å². The molecule has 7 heteroatoms. The second kappa shape index (κ2) is 9.45. The molecule has 2 aliphatic rings. The van der Waals surface area contributed by atoms with E-state index in [9.17, 15) is 0 Å². The number of anilines is 1. The molecule has 1 saturated heterocycles. The summed E-state index contributed by atoms with van der Waals surface area (Å²) < 4.78 is 8.02.